The predicted octanol–water partition coefficient (Wildman–Crippen LogP) is 3.96. The van der Waals surface area contributed by atoms with Crippen LogP contribution in [0.5, 0.6) is 0 Å². The van der Waals surface area contributed by atoms with Crippen molar-refractivity contribution in [1.82, 2.24) is 15.1 Å². The number of hydrogen-bond acceptors (Lipinski definition) is 8. The molecule has 48 heavy (non-hydrogen) atoms. The van der Waals surface area contributed by atoms with Gasteiger partial charge in [-0.05, 0) is 51.0 Å². The van der Waals surface area contributed by atoms with E-state index in [9.17, 15) is 19.2 Å². The fraction of sp³-hybridized carbons (Fsp3) is 0.730. The van der Waals surface area contributed by atoms with Gasteiger partial charge in [-0.2, -0.15) is 0 Å². The number of carbonyl (C=O) groups excluding carboxylic acids is 4. The molecule has 2 rings (SSSR count). The van der Waals surface area contributed by atoms with Crippen molar-refractivity contribution in [2.24, 2.45) is 23.5 Å². The van der Waals surface area contributed by atoms with Crippen molar-refractivity contribution in [2.75, 3.05) is 27.8 Å². The Hall–Kier alpha value is -3.02. The molecule has 272 valence electrons. The summed E-state index contributed by atoms with van der Waals surface area (Å²) >= 11 is 0. The molecule has 1 aromatic rings. The molecule has 0 radical (unpaired) electrons. The van der Waals surface area contributed by atoms with Gasteiger partial charge in [0.25, 0.3) is 0 Å². The molecule has 1 saturated heterocycles. The summed E-state index contributed by atoms with van der Waals surface area (Å²) < 4.78 is 17.5. The molecule has 11 nitrogen and oxygen atoms in total. The number of carbonyl (C=O) groups is 4. The summed E-state index contributed by atoms with van der Waals surface area (Å²) in [5.41, 5.74) is 6.40. The van der Waals surface area contributed by atoms with Gasteiger partial charge >= 0.3 is 5.97 Å². The Morgan fingerprint density at radius 1 is 1.04 bits per heavy atom. The molecule has 1 aliphatic heterocycles. The first-order valence-corrected chi connectivity index (χ1v) is 17.4. The minimum atomic E-state index is -0.899. The summed E-state index contributed by atoms with van der Waals surface area (Å²) in [5, 5.41) is 2.92. The third-order valence-corrected chi connectivity index (χ3v) is 9.55. The van der Waals surface area contributed by atoms with Gasteiger partial charge in [-0.15, -0.1) is 0 Å². The molecule has 1 aliphatic rings. The van der Waals surface area contributed by atoms with Crippen molar-refractivity contribution in [3.8, 4) is 0 Å². The van der Waals surface area contributed by atoms with Crippen molar-refractivity contribution < 1.29 is 33.4 Å². The fourth-order valence-corrected chi connectivity index (χ4v) is 6.55. The fourth-order valence-electron chi connectivity index (χ4n) is 6.55. The highest BCUT2D eigenvalue weighted by molar-refractivity contribution is 5.86. The average Bonchev–Trinajstić information content (AvgIpc) is 3.52. The summed E-state index contributed by atoms with van der Waals surface area (Å²) in [5.74, 6) is -1.85. The molecule has 8 atom stereocenters. The Labute approximate surface area is 288 Å². The molecule has 0 saturated carbocycles. The number of methoxy groups -OCH3 is 2. The topological polar surface area (TPSA) is 141 Å². The van der Waals surface area contributed by atoms with E-state index in [1.165, 1.54) is 0 Å². The molecule has 3 N–H and O–H groups in total. The molecule has 1 aromatic carbocycles. The zero-order valence-electron chi connectivity index (χ0n) is 31.2. The number of likely N-dealkylation sites (tertiary alicyclic amines) is 1. The van der Waals surface area contributed by atoms with Crippen LogP contribution in [0.4, 0.5) is 0 Å². The SMILES string of the molecule is CCC(C)C(C(CC(=O)N1CCCC1C(OC)C(C)C(=O)NC(Cc1ccccc1)C(=O)OC(C)(C)C)OC)N(C)C(=O)C(N)C(C)C. The number of hydrogen-bond donors (Lipinski definition) is 2. The van der Waals surface area contributed by atoms with Crippen molar-refractivity contribution >= 4 is 23.7 Å². The van der Waals surface area contributed by atoms with Crippen molar-refractivity contribution in [3.05, 3.63) is 35.9 Å². The molecule has 0 spiro atoms. The summed E-state index contributed by atoms with van der Waals surface area (Å²) in [6.07, 6.45) is 1.36. The lowest BCUT2D eigenvalue weighted by Crippen LogP contribution is -2.56. The van der Waals surface area contributed by atoms with Crippen LogP contribution in [-0.4, -0.2) is 103 Å². The van der Waals surface area contributed by atoms with E-state index in [-0.39, 0.29) is 54.5 Å². The maximum absolute atomic E-state index is 14.0. The normalized spacial score (nSPS) is 19.5. The standard InChI is InChI=1S/C37H62N4O7/c1-12-24(4)32(40(9)35(44)31(38)23(2)3)29(46-10)22-30(42)41-20-16-19-28(41)33(47-11)25(5)34(43)39-27(36(45)48-37(6,7)8)21-26-17-14-13-15-18-26/h13-15,17-18,23-25,27-29,31-33H,12,16,19-22,38H2,1-11H3,(H,39,43). The zero-order chi connectivity index (χ0) is 36.3. The number of amides is 3. The van der Waals surface area contributed by atoms with Gasteiger partial charge in [0, 0.05) is 34.2 Å². The van der Waals surface area contributed by atoms with E-state index in [0.29, 0.717) is 13.0 Å². The number of benzene rings is 1. The second-order valence-electron chi connectivity index (χ2n) is 14.6. The quantitative estimate of drug-likeness (QED) is 0.237. The van der Waals surface area contributed by atoms with Gasteiger partial charge in [0.2, 0.25) is 17.7 Å². The summed E-state index contributed by atoms with van der Waals surface area (Å²) in [4.78, 5) is 57.7. The number of nitrogens with two attached hydrogens (primary N) is 1. The average molecular weight is 675 g/mol. The van der Waals surface area contributed by atoms with Crippen molar-refractivity contribution in [2.45, 2.75) is 129 Å². The van der Waals surface area contributed by atoms with Crippen LogP contribution in [0.25, 0.3) is 0 Å². The highest BCUT2D eigenvalue weighted by Crippen LogP contribution is 2.29. The van der Waals surface area contributed by atoms with E-state index in [1.54, 1.807) is 58.8 Å². The lowest BCUT2D eigenvalue weighted by atomic mass is 9.89. The molecule has 0 bridgehead atoms. The van der Waals surface area contributed by atoms with Crippen LogP contribution in [0.1, 0.15) is 86.6 Å². The van der Waals surface area contributed by atoms with Gasteiger partial charge < -0.3 is 35.1 Å². The molecule has 8 unspecified atom stereocenters. The number of nitrogens with one attached hydrogen (secondary N) is 1. The van der Waals surface area contributed by atoms with Gasteiger partial charge in [0.15, 0.2) is 0 Å². The van der Waals surface area contributed by atoms with E-state index >= 15 is 0 Å². The highest BCUT2D eigenvalue weighted by atomic mass is 16.6. The van der Waals surface area contributed by atoms with Crippen molar-refractivity contribution in [3.63, 3.8) is 0 Å². The Balaban J connectivity index is 2.26. The summed E-state index contributed by atoms with van der Waals surface area (Å²) in [6.45, 7) is 15.6. The van der Waals surface area contributed by atoms with E-state index in [0.717, 1.165) is 18.4 Å². The van der Waals surface area contributed by atoms with Gasteiger partial charge in [0.1, 0.15) is 11.6 Å². The first kappa shape index (κ1) is 41.2. The monoisotopic (exact) mass is 674 g/mol. The van der Waals surface area contributed by atoms with Gasteiger partial charge in [-0.3, -0.25) is 14.4 Å². The third-order valence-electron chi connectivity index (χ3n) is 9.55. The second kappa shape index (κ2) is 18.7. The Bertz CT molecular complexity index is 1190. The maximum atomic E-state index is 14.0. The number of likely N-dealkylation sites (N-methyl/N-ethyl adjacent to an activating group) is 1. The summed E-state index contributed by atoms with van der Waals surface area (Å²) in [7, 11) is 4.84. The smallest absolute Gasteiger partial charge is 0.329 e. The first-order valence-electron chi connectivity index (χ1n) is 17.4. The van der Waals surface area contributed by atoms with Crippen LogP contribution < -0.4 is 11.1 Å². The largest absolute Gasteiger partial charge is 0.458 e. The maximum Gasteiger partial charge on any atom is 0.329 e. The second-order valence-corrected chi connectivity index (χ2v) is 14.6. The molecular weight excluding hydrogens is 612 g/mol. The minimum absolute atomic E-state index is 0.0339. The van der Waals surface area contributed by atoms with E-state index < -0.39 is 41.8 Å². The lowest BCUT2D eigenvalue weighted by molar-refractivity contribution is -0.159. The molecule has 3 amide bonds. The Kier molecular flexibility index (Phi) is 16.0. The third kappa shape index (κ3) is 11.3. The van der Waals surface area contributed by atoms with Crippen LogP contribution >= 0.6 is 0 Å². The lowest BCUT2D eigenvalue weighted by Gasteiger charge is -2.40. The molecule has 0 aliphatic carbocycles. The van der Waals surface area contributed by atoms with Crippen molar-refractivity contribution in [1.29, 1.82) is 0 Å². The molecule has 0 aromatic heterocycles. The first-order chi connectivity index (χ1) is 22.5. The van der Waals surface area contributed by atoms with Crippen LogP contribution in [-0.2, 0) is 39.8 Å². The van der Waals surface area contributed by atoms with E-state index in [1.807, 2.05) is 58.0 Å². The highest BCUT2D eigenvalue weighted by Gasteiger charge is 2.43. The summed E-state index contributed by atoms with van der Waals surface area (Å²) in [6, 6.07) is 7.19. The zero-order valence-corrected chi connectivity index (χ0v) is 31.2. The van der Waals surface area contributed by atoms with E-state index in [4.69, 9.17) is 19.9 Å². The number of esters is 1. The Morgan fingerprint density at radius 2 is 1.67 bits per heavy atom. The number of ether oxygens (including phenoxy) is 3. The van der Waals surface area contributed by atoms with E-state index in [2.05, 4.69) is 5.32 Å². The van der Waals surface area contributed by atoms with Gasteiger partial charge in [0.05, 0.1) is 42.7 Å². The molecule has 1 fully saturated rings. The number of nitrogens with zero attached hydrogens (tertiary/aromatic N) is 2. The number of rotatable bonds is 17. The van der Waals surface area contributed by atoms with Crippen LogP contribution in [0.3, 0.4) is 0 Å². The van der Waals surface area contributed by atoms with Crippen LogP contribution in [0.15, 0.2) is 30.3 Å². The molecule has 11 heteroatoms. The van der Waals surface area contributed by atoms with Gasteiger partial charge in [-0.25, -0.2) is 4.79 Å². The van der Waals surface area contributed by atoms with Gasteiger partial charge in [-0.1, -0.05) is 71.4 Å². The van der Waals surface area contributed by atoms with Crippen LogP contribution in [0, 0.1) is 17.8 Å². The Morgan fingerprint density at radius 3 is 2.19 bits per heavy atom. The molecule has 1 heterocycles. The minimum Gasteiger partial charge on any atom is -0.458 e. The predicted molar refractivity (Wildman–Crippen MR) is 187 cm³/mol. The van der Waals surface area contributed by atoms with Crippen LogP contribution in [0.2, 0.25) is 0 Å². The molecular formula is C37H62N4O7.